The van der Waals surface area contributed by atoms with Gasteiger partial charge >= 0.3 is 6.09 Å². The van der Waals surface area contributed by atoms with Crippen molar-refractivity contribution >= 4 is 6.09 Å². The van der Waals surface area contributed by atoms with Crippen LogP contribution in [-0.4, -0.2) is 41.6 Å². The van der Waals surface area contributed by atoms with Crippen LogP contribution < -0.4 is 0 Å². The smallest absolute Gasteiger partial charge is 0.433 e. The quantitative estimate of drug-likeness (QED) is 0.618. The maximum atomic E-state index is 11.2. The summed E-state index contributed by atoms with van der Waals surface area (Å²) in [6, 6.07) is 4.52. The van der Waals surface area contributed by atoms with Crippen molar-refractivity contribution in [3.8, 4) is 11.5 Å². The van der Waals surface area contributed by atoms with Crippen LogP contribution in [0.1, 0.15) is 12.5 Å². The molecule has 6 heteroatoms. The van der Waals surface area contributed by atoms with Crippen LogP contribution in [-0.2, 0) is 16.0 Å². The van der Waals surface area contributed by atoms with Gasteiger partial charge in [0.15, 0.2) is 11.5 Å². The number of amides is 1. The number of hydroxylamine groups is 2. The number of ether oxygens (including phenoxy) is 1. The van der Waals surface area contributed by atoms with E-state index in [1.807, 2.05) is 0 Å². The molecular formula is C12H17NO5. The molecule has 0 saturated heterocycles. The molecule has 2 N–H and O–H groups in total. The van der Waals surface area contributed by atoms with E-state index in [4.69, 9.17) is 14.7 Å². The molecule has 0 spiro atoms. The van der Waals surface area contributed by atoms with Crippen LogP contribution >= 0.6 is 0 Å². The Morgan fingerprint density at radius 3 is 2.67 bits per heavy atom. The number of nitrogens with zero attached hydrogens (tertiary/aromatic N) is 1. The van der Waals surface area contributed by atoms with E-state index in [0.29, 0.717) is 13.0 Å². The summed E-state index contributed by atoms with van der Waals surface area (Å²) < 4.78 is 4.73. The molecule has 6 nitrogen and oxygen atoms in total. The van der Waals surface area contributed by atoms with Crippen molar-refractivity contribution in [2.24, 2.45) is 0 Å². The molecule has 0 aliphatic carbocycles. The molecule has 0 aromatic heterocycles. The fourth-order valence-electron chi connectivity index (χ4n) is 1.29. The summed E-state index contributed by atoms with van der Waals surface area (Å²) >= 11 is 0. The predicted molar refractivity (Wildman–Crippen MR) is 64.2 cm³/mol. The van der Waals surface area contributed by atoms with Crippen molar-refractivity contribution in [1.29, 1.82) is 0 Å². The molecule has 1 aromatic rings. The highest BCUT2D eigenvalue weighted by atomic mass is 16.7. The first-order valence-corrected chi connectivity index (χ1v) is 5.58. The molecule has 0 unspecified atom stereocenters. The molecular weight excluding hydrogens is 238 g/mol. The molecule has 0 radical (unpaired) electrons. The minimum Gasteiger partial charge on any atom is -0.504 e. The van der Waals surface area contributed by atoms with Crippen LogP contribution in [0.5, 0.6) is 11.5 Å². The number of phenolic OH excluding ortho intramolecular Hbond substituents is 2. The van der Waals surface area contributed by atoms with E-state index in [2.05, 4.69) is 0 Å². The first kappa shape index (κ1) is 14.1. The average molecular weight is 255 g/mol. The number of aromatic hydroxyl groups is 2. The van der Waals surface area contributed by atoms with Gasteiger partial charge in [0.2, 0.25) is 0 Å². The van der Waals surface area contributed by atoms with E-state index in [-0.39, 0.29) is 18.1 Å². The van der Waals surface area contributed by atoms with E-state index in [0.717, 1.165) is 10.6 Å². The van der Waals surface area contributed by atoms with E-state index < -0.39 is 6.09 Å². The fraction of sp³-hybridized carbons (Fsp3) is 0.417. The third kappa shape index (κ3) is 4.14. The predicted octanol–water partition coefficient (Wildman–Crippen LogP) is 1.66. The third-order valence-electron chi connectivity index (χ3n) is 2.24. The lowest BCUT2D eigenvalue weighted by atomic mass is 10.1. The van der Waals surface area contributed by atoms with Gasteiger partial charge in [0.05, 0.1) is 13.2 Å². The summed E-state index contributed by atoms with van der Waals surface area (Å²) in [5.74, 6) is -0.338. The lowest BCUT2D eigenvalue weighted by molar-refractivity contribution is -0.117. The van der Waals surface area contributed by atoms with Gasteiger partial charge in [-0.2, -0.15) is 5.06 Å². The lowest BCUT2D eigenvalue weighted by Gasteiger charge is -2.15. The first-order chi connectivity index (χ1) is 8.54. The highest BCUT2D eigenvalue weighted by Gasteiger charge is 2.09. The zero-order valence-corrected chi connectivity index (χ0v) is 10.4. The average Bonchev–Trinajstić information content (AvgIpc) is 2.34. The highest BCUT2D eigenvalue weighted by Crippen LogP contribution is 2.24. The largest absolute Gasteiger partial charge is 0.504 e. The van der Waals surface area contributed by atoms with Gasteiger partial charge in [-0.3, -0.25) is 4.84 Å². The Labute approximate surface area is 105 Å². The molecule has 0 heterocycles. The van der Waals surface area contributed by atoms with E-state index >= 15 is 0 Å². The number of hydrogen-bond donors (Lipinski definition) is 2. The number of rotatable bonds is 5. The molecule has 0 bridgehead atoms. The zero-order chi connectivity index (χ0) is 13.5. The third-order valence-corrected chi connectivity index (χ3v) is 2.24. The maximum Gasteiger partial charge on any atom is 0.433 e. The molecule has 0 aliphatic rings. The zero-order valence-electron chi connectivity index (χ0n) is 10.4. The van der Waals surface area contributed by atoms with Crippen LogP contribution in [0, 0.1) is 0 Å². The van der Waals surface area contributed by atoms with Gasteiger partial charge in [0.1, 0.15) is 0 Å². The molecule has 0 atom stereocenters. The second-order valence-electron chi connectivity index (χ2n) is 3.60. The number of carbonyl (C=O) groups is 1. The Bertz CT molecular complexity index is 407. The maximum absolute atomic E-state index is 11.2. The highest BCUT2D eigenvalue weighted by molar-refractivity contribution is 5.65. The standard InChI is InChI=1S/C12H17NO5/c1-3-17-12(16)13(2)18-7-6-9-4-5-10(14)11(15)8-9/h4-5,8,14-15H,3,6-7H2,1-2H3. The van der Waals surface area contributed by atoms with E-state index in [1.165, 1.54) is 19.2 Å². The molecule has 100 valence electrons. The minimum absolute atomic E-state index is 0.164. The van der Waals surface area contributed by atoms with Crippen molar-refractivity contribution in [3.63, 3.8) is 0 Å². The number of phenols is 2. The van der Waals surface area contributed by atoms with Crippen molar-refractivity contribution in [2.45, 2.75) is 13.3 Å². The van der Waals surface area contributed by atoms with Crippen LogP contribution in [0.4, 0.5) is 4.79 Å². The topological polar surface area (TPSA) is 79.2 Å². The van der Waals surface area contributed by atoms with Gasteiger partial charge in [-0.25, -0.2) is 4.79 Å². The monoisotopic (exact) mass is 255 g/mol. The number of carbonyl (C=O) groups excluding carboxylic acids is 1. The molecule has 18 heavy (non-hydrogen) atoms. The number of hydrogen-bond acceptors (Lipinski definition) is 5. The number of benzene rings is 1. The molecule has 1 rings (SSSR count). The summed E-state index contributed by atoms with van der Waals surface area (Å²) in [7, 11) is 1.46. The summed E-state index contributed by atoms with van der Waals surface area (Å²) in [6.45, 7) is 2.27. The van der Waals surface area contributed by atoms with E-state index in [1.54, 1.807) is 13.0 Å². The molecule has 1 aromatic carbocycles. The Morgan fingerprint density at radius 2 is 2.06 bits per heavy atom. The van der Waals surface area contributed by atoms with Gasteiger partial charge in [-0.05, 0) is 31.0 Å². The van der Waals surface area contributed by atoms with Crippen LogP contribution in [0.3, 0.4) is 0 Å². The van der Waals surface area contributed by atoms with Crippen molar-refractivity contribution < 1.29 is 24.6 Å². The lowest BCUT2D eigenvalue weighted by Crippen LogP contribution is -2.28. The molecule has 0 fully saturated rings. The van der Waals surface area contributed by atoms with Gasteiger partial charge in [-0.1, -0.05) is 6.07 Å². The van der Waals surface area contributed by atoms with Gasteiger partial charge in [-0.15, -0.1) is 0 Å². The van der Waals surface area contributed by atoms with Crippen molar-refractivity contribution in [2.75, 3.05) is 20.3 Å². The van der Waals surface area contributed by atoms with Gasteiger partial charge < -0.3 is 14.9 Å². The normalized spacial score (nSPS) is 10.1. The summed E-state index contributed by atoms with van der Waals surface area (Å²) in [5.41, 5.74) is 0.794. The Kier molecular flexibility index (Phi) is 5.26. The fourth-order valence-corrected chi connectivity index (χ4v) is 1.29. The molecule has 0 aliphatic heterocycles. The van der Waals surface area contributed by atoms with Crippen LogP contribution in [0.2, 0.25) is 0 Å². The SMILES string of the molecule is CCOC(=O)N(C)OCCc1ccc(O)c(O)c1. The van der Waals surface area contributed by atoms with Gasteiger partial charge in [0.25, 0.3) is 0 Å². The van der Waals surface area contributed by atoms with Crippen molar-refractivity contribution in [3.05, 3.63) is 23.8 Å². The molecule has 1 amide bonds. The van der Waals surface area contributed by atoms with E-state index in [9.17, 15) is 9.90 Å². The van der Waals surface area contributed by atoms with Gasteiger partial charge in [0, 0.05) is 7.05 Å². The Morgan fingerprint density at radius 1 is 1.33 bits per heavy atom. The minimum atomic E-state index is -0.550. The Balaban J connectivity index is 2.37. The second-order valence-corrected chi connectivity index (χ2v) is 3.60. The Hall–Kier alpha value is -1.95. The second kappa shape index (κ2) is 6.70. The summed E-state index contributed by atoms with van der Waals surface area (Å²) in [5, 5.41) is 19.4. The van der Waals surface area contributed by atoms with Crippen molar-refractivity contribution in [1.82, 2.24) is 5.06 Å². The summed E-state index contributed by atoms with van der Waals surface area (Å²) in [6.07, 6.45) is -0.0523. The molecule has 0 saturated carbocycles. The first-order valence-electron chi connectivity index (χ1n) is 5.58. The summed E-state index contributed by atoms with van der Waals surface area (Å²) in [4.78, 5) is 16.3. The van der Waals surface area contributed by atoms with Crippen LogP contribution in [0.15, 0.2) is 18.2 Å². The van der Waals surface area contributed by atoms with Crippen LogP contribution in [0.25, 0.3) is 0 Å².